The number of nitrogens with one attached hydrogen (secondary N) is 2. The second-order valence-corrected chi connectivity index (χ2v) is 8.02. The van der Waals surface area contributed by atoms with Crippen LogP contribution in [-0.4, -0.2) is 38.2 Å². The van der Waals surface area contributed by atoms with Gasteiger partial charge in [-0.25, -0.2) is 4.39 Å². The summed E-state index contributed by atoms with van der Waals surface area (Å²) >= 11 is 0. The number of fused-ring (bicyclic) bond motifs is 1. The van der Waals surface area contributed by atoms with Gasteiger partial charge in [0.2, 0.25) is 5.91 Å². The number of ether oxygens (including phenoxy) is 2. The van der Waals surface area contributed by atoms with Crippen molar-refractivity contribution in [1.82, 2.24) is 5.32 Å². The number of guanidine groups is 1. The molecular formula is C23H30FIN4O3. The van der Waals surface area contributed by atoms with Crippen molar-refractivity contribution >= 4 is 41.5 Å². The highest BCUT2D eigenvalue weighted by Gasteiger charge is 2.24. The lowest BCUT2D eigenvalue weighted by Crippen LogP contribution is -2.37. The van der Waals surface area contributed by atoms with Crippen LogP contribution in [0.4, 0.5) is 10.1 Å². The highest BCUT2D eigenvalue weighted by molar-refractivity contribution is 14.0. The van der Waals surface area contributed by atoms with Gasteiger partial charge in [0.05, 0.1) is 25.2 Å². The minimum Gasteiger partial charge on any atom is -0.490 e. The van der Waals surface area contributed by atoms with Crippen LogP contribution in [0.3, 0.4) is 0 Å². The van der Waals surface area contributed by atoms with Gasteiger partial charge < -0.3 is 25.8 Å². The molecule has 1 amide bonds. The third-order valence-corrected chi connectivity index (χ3v) is 4.95. The van der Waals surface area contributed by atoms with E-state index in [4.69, 9.17) is 15.2 Å². The van der Waals surface area contributed by atoms with Gasteiger partial charge in [-0.3, -0.25) is 9.79 Å². The van der Waals surface area contributed by atoms with Crippen molar-refractivity contribution in [3.8, 4) is 11.5 Å². The maximum absolute atomic E-state index is 13.9. The fourth-order valence-electron chi connectivity index (χ4n) is 2.89. The Hall–Kier alpha value is -2.56. The first-order valence-corrected chi connectivity index (χ1v) is 10.3. The maximum Gasteiger partial charge on any atom is 0.224 e. The van der Waals surface area contributed by atoms with Gasteiger partial charge in [0.25, 0.3) is 0 Å². The molecule has 1 aliphatic heterocycles. The van der Waals surface area contributed by atoms with E-state index in [9.17, 15) is 9.18 Å². The molecular weight excluding hydrogens is 526 g/mol. The predicted octanol–water partition coefficient (Wildman–Crippen LogP) is 3.72. The zero-order valence-corrected chi connectivity index (χ0v) is 20.6. The molecule has 3 rings (SSSR count). The second-order valence-electron chi connectivity index (χ2n) is 8.02. The Morgan fingerprint density at radius 3 is 2.59 bits per heavy atom. The first kappa shape index (κ1) is 25.7. The van der Waals surface area contributed by atoms with E-state index in [0.717, 1.165) is 12.1 Å². The van der Waals surface area contributed by atoms with Crippen molar-refractivity contribution in [3.63, 3.8) is 0 Å². The van der Waals surface area contributed by atoms with E-state index in [1.165, 1.54) is 6.07 Å². The van der Waals surface area contributed by atoms with E-state index >= 15 is 0 Å². The summed E-state index contributed by atoms with van der Waals surface area (Å²) < 4.78 is 25.3. The number of aliphatic imine (C=N–C) groups is 1. The van der Waals surface area contributed by atoms with Crippen LogP contribution in [0, 0.1) is 11.2 Å². The number of anilines is 1. The summed E-state index contributed by atoms with van der Waals surface area (Å²) in [5, 5.41) is 6.42. The molecule has 0 aromatic heterocycles. The number of carbonyl (C=O) groups excluding carboxylic acids is 1. The van der Waals surface area contributed by atoms with Gasteiger partial charge in [-0.15, -0.1) is 24.0 Å². The van der Waals surface area contributed by atoms with Crippen LogP contribution in [0.15, 0.2) is 47.5 Å². The van der Waals surface area contributed by atoms with Crippen LogP contribution >= 0.6 is 24.0 Å². The molecule has 9 heteroatoms. The molecule has 4 N–H and O–H groups in total. The summed E-state index contributed by atoms with van der Waals surface area (Å²) in [4.78, 5) is 16.2. The van der Waals surface area contributed by atoms with Crippen LogP contribution in [0.1, 0.15) is 25.8 Å². The summed E-state index contributed by atoms with van der Waals surface area (Å²) in [6.45, 7) is 5.33. The molecule has 0 spiro atoms. The van der Waals surface area contributed by atoms with E-state index in [2.05, 4.69) is 15.6 Å². The number of primary amides is 1. The van der Waals surface area contributed by atoms with Crippen LogP contribution in [0.2, 0.25) is 0 Å². The van der Waals surface area contributed by atoms with Crippen LogP contribution in [0.5, 0.6) is 11.5 Å². The average Bonchev–Trinajstić information content (AvgIpc) is 2.98. The SMILES string of the molecule is CC(C)(CN=C(NCCc1ccccc1F)Nc1ccc2c(c1)OCCCO2)C(N)=O.I. The van der Waals surface area contributed by atoms with E-state index in [1.54, 1.807) is 32.0 Å². The van der Waals surface area contributed by atoms with Gasteiger partial charge in [0.15, 0.2) is 17.5 Å². The molecule has 0 saturated carbocycles. The molecule has 7 nitrogen and oxygen atoms in total. The third-order valence-electron chi connectivity index (χ3n) is 4.95. The van der Waals surface area contributed by atoms with Gasteiger partial charge in [-0.1, -0.05) is 18.2 Å². The Labute approximate surface area is 205 Å². The normalized spacial score (nSPS) is 13.5. The molecule has 2 aromatic rings. The lowest BCUT2D eigenvalue weighted by molar-refractivity contribution is -0.125. The summed E-state index contributed by atoms with van der Waals surface area (Å²) in [5.74, 6) is 1.14. The van der Waals surface area contributed by atoms with Crippen LogP contribution < -0.4 is 25.8 Å². The Kier molecular flexibility index (Phi) is 9.55. The number of nitrogens with zero attached hydrogens (tertiary/aromatic N) is 1. The van der Waals surface area contributed by atoms with E-state index < -0.39 is 11.3 Å². The average molecular weight is 556 g/mol. The minimum atomic E-state index is -0.801. The zero-order chi connectivity index (χ0) is 22.3. The molecule has 0 bridgehead atoms. The van der Waals surface area contributed by atoms with E-state index in [1.807, 2.05) is 18.2 Å². The highest BCUT2D eigenvalue weighted by Crippen LogP contribution is 2.32. The number of halogens is 2. The first-order chi connectivity index (χ1) is 14.8. The topological polar surface area (TPSA) is 98.0 Å². The fraction of sp³-hybridized carbons (Fsp3) is 0.391. The zero-order valence-electron chi connectivity index (χ0n) is 18.3. The maximum atomic E-state index is 13.9. The molecule has 0 atom stereocenters. The Bertz CT molecular complexity index is 953. The third kappa shape index (κ3) is 7.25. The van der Waals surface area contributed by atoms with Crippen molar-refractivity contribution in [1.29, 1.82) is 0 Å². The van der Waals surface area contributed by atoms with Crippen molar-refractivity contribution in [2.45, 2.75) is 26.7 Å². The summed E-state index contributed by atoms with van der Waals surface area (Å²) in [6, 6.07) is 12.2. The minimum absolute atomic E-state index is 0. The number of amides is 1. The number of carbonyl (C=O) groups is 1. The monoisotopic (exact) mass is 556 g/mol. The lowest BCUT2D eigenvalue weighted by Gasteiger charge is -2.20. The van der Waals surface area contributed by atoms with Crippen LogP contribution in [-0.2, 0) is 11.2 Å². The number of nitrogens with two attached hydrogens (primary N) is 1. The second kappa shape index (κ2) is 11.9. The Morgan fingerprint density at radius 2 is 1.88 bits per heavy atom. The molecule has 2 aromatic carbocycles. The molecule has 1 aliphatic rings. The largest absolute Gasteiger partial charge is 0.490 e. The van der Waals surface area contributed by atoms with E-state index in [0.29, 0.717) is 49.2 Å². The van der Waals surface area contributed by atoms with Crippen molar-refractivity contribution in [3.05, 3.63) is 53.8 Å². The number of rotatable bonds is 7. The van der Waals surface area contributed by atoms with Crippen LogP contribution in [0.25, 0.3) is 0 Å². The first-order valence-electron chi connectivity index (χ1n) is 10.3. The summed E-state index contributed by atoms with van der Waals surface area (Å²) in [6.07, 6.45) is 1.30. The van der Waals surface area contributed by atoms with Gasteiger partial charge in [0, 0.05) is 24.7 Å². The molecule has 32 heavy (non-hydrogen) atoms. The highest BCUT2D eigenvalue weighted by atomic mass is 127. The number of hydrogen-bond donors (Lipinski definition) is 3. The van der Waals surface area contributed by atoms with Crippen molar-refractivity contribution in [2.24, 2.45) is 16.1 Å². The molecule has 1 heterocycles. The number of hydrogen-bond acceptors (Lipinski definition) is 4. The molecule has 0 unspecified atom stereocenters. The Balaban J connectivity index is 0.00000363. The predicted molar refractivity (Wildman–Crippen MR) is 134 cm³/mol. The smallest absolute Gasteiger partial charge is 0.224 e. The fourth-order valence-corrected chi connectivity index (χ4v) is 2.89. The van der Waals surface area contributed by atoms with Gasteiger partial charge in [-0.05, 0) is 44.0 Å². The molecule has 0 radical (unpaired) electrons. The standard InChI is InChI=1S/C23H29FN4O3.HI/c1-23(2,21(25)29)15-27-22(26-11-10-16-6-3-4-7-18(16)24)28-17-8-9-19-20(14-17)31-13-5-12-30-19;/h3-4,6-9,14H,5,10-13,15H2,1-2H3,(H2,25,29)(H2,26,27,28);1H. The van der Waals surface area contributed by atoms with Crippen molar-refractivity contribution < 1.29 is 18.7 Å². The molecule has 0 aliphatic carbocycles. The van der Waals surface area contributed by atoms with Gasteiger partial charge in [0.1, 0.15) is 5.82 Å². The van der Waals surface area contributed by atoms with Gasteiger partial charge in [-0.2, -0.15) is 0 Å². The Morgan fingerprint density at radius 1 is 1.16 bits per heavy atom. The quantitative estimate of drug-likeness (QED) is 0.275. The van der Waals surface area contributed by atoms with Crippen molar-refractivity contribution in [2.75, 3.05) is 31.6 Å². The molecule has 0 saturated heterocycles. The summed E-state index contributed by atoms with van der Waals surface area (Å²) in [5.41, 5.74) is 6.03. The molecule has 174 valence electrons. The number of benzene rings is 2. The molecule has 0 fully saturated rings. The lowest BCUT2D eigenvalue weighted by atomic mass is 9.93. The van der Waals surface area contributed by atoms with Gasteiger partial charge >= 0.3 is 0 Å². The van der Waals surface area contributed by atoms with E-state index in [-0.39, 0.29) is 36.3 Å². The summed E-state index contributed by atoms with van der Waals surface area (Å²) in [7, 11) is 0.